The number of benzene rings is 1. The number of rotatable bonds is 3. The molecule has 1 saturated heterocycles. The van der Waals surface area contributed by atoms with Crippen molar-refractivity contribution in [3.8, 4) is 5.75 Å². The van der Waals surface area contributed by atoms with E-state index in [-0.39, 0.29) is 5.91 Å². The van der Waals surface area contributed by atoms with Crippen molar-refractivity contribution in [1.29, 1.82) is 0 Å². The quantitative estimate of drug-likeness (QED) is 0.922. The molecule has 1 aliphatic heterocycles. The number of carboxylic acid groups (broad SMARTS) is 1. The minimum atomic E-state index is -0.980. The van der Waals surface area contributed by atoms with Gasteiger partial charge in [-0.1, -0.05) is 11.6 Å². The average molecular weight is 284 g/mol. The summed E-state index contributed by atoms with van der Waals surface area (Å²) in [5.41, 5.74) is 0.295. The predicted molar refractivity (Wildman–Crippen MR) is 69.7 cm³/mol. The highest BCUT2D eigenvalue weighted by Crippen LogP contribution is 2.27. The van der Waals surface area contributed by atoms with Crippen LogP contribution in [0.5, 0.6) is 5.75 Å². The van der Waals surface area contributed by atoms with Crippen molar-refractivity contribution in [2.45, 2.75) is 18.9 Å². The molecule has 19 heavy (non-hydrogen) atoms. The molecule has 1 aliphatic rings. The van der Waals surface area contributed by atoms with Gasteiger partial charge in [0.25, 0.3) is 5.91 Å². The Hall–Kier alpha value is -1.75. The van der Waals surface area contributed by atoms with Crippen molar-refractivity contribution < 1.29 is 19.4 Å². The van der Waals surface area contributed by atoms with Crippen LogP contribution in [0.25, 0.3) is 0 Å². The summed E-state index contributed by atoms with van der Waals surface area (Å²) in [6, 6.07) is 3.95. The van der Waals surface area contributed by atoms with Gasteiger partial charge in [-0.2, -0.15) is 0 Å². The van der Waals surface area contributed by atoms with E-state index < -0.39 is 12.0 Å². The maximum atomic E-state index is 12.4. The third kappa shape index (κ3) is 2.66. The molecule has 0 unspecified atom stereocenters. The lowest BCUT2D eigenvalue weighted by Crippen LogP contribution is -2.40. The van der Waals surface area contributed by atoms with Gasteiger partial charge in [-0.05, 0) is 31.0 Å². The Labute approximate surface area is 115 Å². The topological polar surface area (TPSA) is 66.8 Å². The summed E-state index contributed by atoms with van der Waals surface area (Å²) in [4.78, 5) is 24.9. The molecule has 1 aromatic carbocycles. The Kier molecular flexibility index (Phi) is 3.95. The van der Waals surface area contributed by atoms with E-state index >= 15 is 0 Å². The van der Waals surface area contributed by atoms with Crippen LogP contribution in [0.4, 0.5) is 0 Å². The fraction of sp³-hybridized carbons (Fsp3) is 0.385. The highest BCUT2D eigenvalue weighted by Gasteiger charge is 2.35. The Balaban J connectivity index is 2.33. The summed E-state index contributed by atoms with van der Waals surface area (Å²) >= 11 is 5.88. The van der Waals surface area contributed by atoms with Gasteiger partial charge >= 0.3 is 5.97 Å². The molecule has 0 aromatic heterocycles. The van der Waals surface area contributed by atoms with E-state index in [0.717, 1.165) is 0 Å². The van der Waals surface area contributed by atoms with Gasteiger partial charge in [0.1, 0.15) is 11.8 Å². The summed E-state index contributed by atoms with van der Waals surface area (Å²) in [6.07, 6.45) is 1.16. The van der Waals surface area contributed by atoms with E-state index in [4.69, 9.17) is 21.4 Å². The fourth-order valence-corrected chi connectivity index (χ4v) is 2.44. The Morgan fingerprint density at radius 2 is 2.21 bits per heavy atom. The smallest absolute Gasteiger partial charge is 0.326 e. The van der Waals surface area contributed by atoms with Crippen LogP contribution in [0.2, 0.25) is 5.02 Å². The second-order valence-corrected chi connectivity index (χ2v) is 4.78. The van der Waals surface area contributed by atoms with E-state index in [1.807, 2.05) is 0 Å². The summed E-state index contributed by atoms with van der Waals surface area (Å²) in [6.45, 7) is 0.436. The first-order valence-electron chi connectivity index (χ1n) is 5.92. The highest BCUT2D eigenvalue weighted by molar-refractivity contribution is 6.31. The van der Waals surface area contributed by atoms with E-state index in [0.29, 0.717) is 35.7 Å². The number of ether oxygens (including phenoxy) is 1. The van der Waals surface area contributed by atoms with Gasteiger partial charge in [0, 0.05) is 11.6 Å². The van der Waals surface area contributed by atoms with Gasteiger partial charge in [-0.3, -0.25) is 4.79 Å². The van der Waals surface area contributed by atoms with E-state index in [2.05, 4.69) is 0 Å². The molecule has 0 radical (unpaired) electrons. The SMILES string of the molecule is COc1ccc(Cl)cc1C(=O)N1CCC[C@@H]1C(=O)O. The number of carbonyl (C=O) groups excluding carboxylic acids is 1. The maximum absolute atomic E-state index is 12.4. The van der Waals surface area contributed by atoms with Crippen molar-refractivity contribution in [2.75, 3.05) is 13.7 Å². The summed E-state index contributed by atoms with van der Waals surface area (Å²) in [7, 11) is 1.46. The monoisotopic (exact) mass is 283 g/mol. The van der Waals surface area contributed by atoms with Gasteiger partial charge in [0.05, 0.1) is 12.7 Å². The number of methoxy groups -OCH3 is 1. The molecule has 1 fully saturated rings. The van der Waals surface area contributed by atoms with E-state index in [1.165, 1.54) is 18.1 Å². The van der Waals surface area contributed by atoms with Crippen LogP contribution in [0, 0.1) is 0 Å². The number of hydrogen-bond donors (Lipinski definition) is 1. The summed E-state index contributed by atoms with van der Waals surface area (Å²) in [5.74, 6) is -0.943. The van der Waals surface area contributed by atoms with Crippen molar-refractivity contribution in [1.82, 2.24) is 4.90 Å². The Morgan fingerprint density at radius 3 is 2.84 bits per heavy atom. The van der Waals surface area contributed by atoms with Gasteiger partial charge < -0.3 is 14.7 Å². The first-order valence-corrected chi connectivity index (χ1v) is 6.29. The molecule has 0 spiro atoms. The molecule has 1 N–H and O–H groups in total. The average Bonchev–Trinajstić information content (AvgIpc) is 2.87. The number of likely N-dealkylation sites (tertiary alicyclic amines) is 1. The molecule has 0 saturated carbocycles. The number of hydrogen-bond acceptors (Lipinski definition) is 3. The van der Waals surface area contributed by atoms with Crippen molar-refractivity contribution in [2.24, 2.45) is 0 Å². The van der Waals surface area contributed by atoms with Crippen LogP contribution >= 0.6 is 11.6 Å². The summed E-state index contributed by atoms with van der Waals surface area (Å²) in [5, 5.41) is 9.52. The molecular formula is C13H14ClNO4. The third-order valence-electron chi connectivity index (χ3n) is 3.19. The number of carboxylic acids is 1. The molecule has 102 valence electrons. The molecule has 1 aromatic rings. The first kappa shape index (κ1) is 13.7. The molecule has 1 heterocycles. The molecule has 0 aliphatic carbocycles. The lowest BCUT2D eigenvalue weighted by molar-refractivity contribution is -0.141. The third-order valence-corrected chi connectivity index (χ3v) is 3.43. The van der Waals surface area contributed by atoms with E-state index in [9.17, 15) is 9.59 Å². The zero-order valence-electron chi connectivity index (χ0n) is 10.4. The molecule has 1 amide bonds. The summed E-state index contributed by atoms with van der Waals surface area (Å²) < 4.78 is 5.12. The molecular weight excluding hydrogens is 270 g/mol. The van der Waals surface area contributed by atoms with Gasteiger partial charge in [0.2, 0.25) is 0 Å². The number of halogens is 1. The first-order chi connectivity index (χ1) is 9.04. The highest BCUT2D eigenvalue weighted by atomic mass is 35.5. The van der Waals surface area contributed by atoms with Crippen LogP contribution in [-0.4, -0.2) is 41.6 Å². The second-order valence-electron chi connectivity index (χ2n) is 4.34. The molecule has 2 rings (SSSR count). The van der Waals surface area contributed by atoms with Crippen LogP contribution in [0.3, 0.4) is 0 Å². The van der Waals surface area contributed by atoms with Crippen LogP contribution in [-0.2, 0) is 4.79 Å². The van der Waals surface area contributed by atoms with Gasteiger partial charge in [-0.25, -0.2) is 4.79 Å². The Morgan fingerprint density at radius 1 is 1.47 bits per heavy atom. The molecule has 6 heteroatoms. The number of aliphatic carboxylic acids is 1. The molecule has 1 atom stereocenters. The van der Waals surface area contributed by atoms with Crippen LogP contribution < -0.4 is 4.74 Å². The minimum Gasteiger partial charge on any atom is -0.496 e. The van der Waals surface area contributed by atoms with Crippen LogP contribution in [0.1, 0.15) is 23.2 Å². The van der Waals surface area contributed by atoms with Crippen molar-refractivity contribution >= 4 is 23.5 Å². The number of amides is 1. The molecule has 0 bridgehead atoms. The minimum absolute atomic E-state index is 0.295. The van der Waals surface area contributed by atoms with Crippen molar-refractivity contribution in [3.63, 3.8) is 0 Å². The lowest BCUT2D eigenvalue weighted by Gasteiger charge is -2.22. The fourth-order valence-electron chi connectivity index (χ4n) is 2.27. The zero-order valence-corrected chi connectivity index (χ0v) is 11.2. The van der Waals surface area contributed by atoms with Crippen molar-refractivity contribution in [3.05, 3.63) is 28.8 Å². The maximum Gasteiger partial charge on any atom is 0.326 e. The Bertz CT molecular complexity index is 517. The zero-order chi connectivity index (χ0) is 14.0. The predicted octanol–water partition coefficient (Wildman–Crippen LogP) is 2.04. The normalized spacial score (nSPS) is 18.4. The largest absolute Gasteiger partial charge is 0.496 e. The lowest BCUT2D eigenvalue weighted by atomic mass is 10.1. The van der Waals surface area contributed by atoms with Gasteiger partial charge in [0.15, 0.2) is 0 Å². The second kappa shape index (κ2) is 5.48. The number of nitrogens with zero attached hydrogens (tertiary/aromatic N) is 1. The van der Waals surface area contributed by atoms with Gasteiger partial charge in [-0.15, -0.1) is 0 Å². The number of carbonyl (C=O) groups is 2. The van der Waals surface area contributed by atoms with E-state index in [1.54, 1.807) is 12.1 Å². The van der Waals surface area contributed by atoms with Crippen LogP contribution in [0.15, 0.2) is 18.2 Å². The standard InChI is InChI=1S/C13H14ClNO4/c1-19-11-5-4-8(14)7-9(11)12(16)15-6-2-3-10(15)13(17)18/h4-5,7,10H,2-3,6H2,1H3,(H,17,18)/t10-/m1/s1. The molecule has 5 nitrogen and oxygen atoms in total.